The van der Waals surface area contributed by atoms with Gasteiger partial charge in [-0.2, -0.15) is 0 Å². The summed E-state index contributed by atoms with van der Waals surface area (Å²) in [5.41, 5.74) is 4.77. The Kier molecular flexibility index (Phi) is 6.54. The van der Waals surface area contributed by atoms with Crippen LogP contribution in [-0.2, 0) is 14.3 Å². The number of hydrogen-bond acceptors (Lipinski definition) is 6. The topological polar surface area (TPSA) is 142 Å². The second kappa shape index (κ2) is 7.12. The molecule has 15 heavy (non-hydrogen) atoms. The molecule has 0 bridgehead atoms. The van der Waals surface area contributed by atoms with Crippen LogP contribution in [-0.4, -0.2) is 59.3 Å². The van der Waals surface area contributed by atoms with Crippen LogP contribution >= 0.6 is 0 Å². The molecule has 8 nitrogen and oxygen atoms in total. The highest BCUT2D eigenvalue weighted by Crippen LogP contribution is 1.92. The molecule has 1 saturated heterocycles. The number of aliphatic hydroxyl groups is 1. The number of carboxylic acids is 2. The Labute approximate surface area is 85.6 Å². The van der Waals surface area contributed by atoms with E-state index in [2.05, 4.69) is 5.32 Å². The van der Waals surface area contributed by atoms with Crippen molar-refractivity contribution in [2.75, 3.05) is 19.9 Å². The van der Waals surface area contributed by atoms with Gasteiger partial charge in [0.15, 0.2) is 0 Å². The summed E-state index contributed by atoms with van der Waals surface area (Å²) in [5.74, 6) is -2.02. The molecule has 8 heteroatoms. The molecule has 0 aliphatic carbocycles. The lowest BCUT2D eigenvalue weighted by atomic mass is 10.3. The fraction of sp³-hybridized carbons (Fsp3) is 0.714. The minimum Gasteiger partial charge on any atom is -0.480 e. The van der Waals surface area contributed by atoms with E-state index in [0.717, 1.165) is 0 Å². The Morgan fingerprint density at radius 1 is 1.53 bits per heavy atom. The lowest BCUT2D eigenvalue weighted by Gasteiger charge is -1.96. The number of nitrogens with one attached hydrogen (secondary N) is 1. The Morgan fingerprint density at radius 2 is 2.13 bits per heavy atom. The third-order valence-corrected chi connectivity index (χ3v) is 1.53. The van der Waals surface area contributed by atoms with E-state index in [9.17, 15) is 9.59 Å². The number of ether oxygens (including phenoxy) is 1. The van der Waals surface area contributed by atoms with Crippen molar-refractivity contribution in [2.24, 2.45) is 5.73 Å². The maximum atomic E-state index is 10.1. The third kappa shape index (κ3) is 5.96. The first kappa shape index (κ1) is 13.8. The van der Waals surface area contributed by atoms with Gasteiger partial charge >= 0.3 is 11.9 Å². The van der Waals surface area contributed by atoms with Crippen LogP contribution < -0.4 is 11.1 Å². The molecular formula is C7H14N2O6. The number of hydrogen-bond donors (Lipinski definition) is 5. The van der Waals surface area contributed by atoms with Crippen molar-refractivity contribution in [3.05, 3.63) is 0 Å². The van der Waals surface area contributed by atoms with Gasteiger partial charge in [0, 0.05) is 0 Å². The predicted octanol–water partition coefficient (Wildman–Crippen LogP) is -2.59. The zero-order valence-corrected chi connectivity index (χ0v) is 7.92. The highest BCUT2D eigenvalue weighted by Gasteiger charge is 2.20. The monoisotopic (exact) mass is 222 g/mol. The van der Waals surface area contributed by atoms with E-state index >= 15 is 0 Å². The number of aliphatic hydroxyl groups excluding tert-OH is 1. The number of nitrogens with two attached hydrogens (primary N) is 1. The minimum absolute atomic E-state index is 0.287. The van der Waals surface area contributed by atoms with Crippen LogP contribution in [0.25, 0.3) is 0 Å². The van der Waals surface area contributed by atoms with E-state index in [1.54, 1.807) is 0 Å². The fourth-order valence-corrected chi connectivity index (χ4v) is 0.632. The summed E-state index contributed by atoms with van der Waals surface area (Å²) < 4.78 is 4.73. The van der Waals surface area contributed by atoms with Crippen molar-refractivity contribution in [3.63, 3.8) is 0 Å². The third-order valence-electron chi connectivity index (χ3n) is 1.53. The molecule has 2 unspecified atom stereocenters. The van der Waals surface area contributed by atoms with Gasteiger partial charge in [0.25, 0.3) is 0 Å². The van der Waals surface area contributed by atoms with Crippen LogP contribution in [0.4, 0.5) is 0 Å². The molecule has 2 atom stereocenters. The van der Waals surface area contributed by atoms with E-state index in [0.29, 0.717) is 6.73 Å². The molecule has 6 N–H and O–H groups in total. The Bertz CT molecular complexity index is 216. The summed E-state index contributed by atoms with van der Waals surface area (Å²) in [7, 11) is 0. The first-order valence-electron chi connectivity index (χ1n) is 4.12. The van der Waals surface area contributed by atoms with Gasteiger partial charge in [-0.25, -0.2) is 0 Å². The number of carbonyl (C=O) groups is 2. The minimum atomic E-state index is -1.18. The molecule has 0 spiro atoms. The Morgan fingerprint density at radius 3 is 2.27 bits per heavy atom. The maximum Gasteiger partial charge on any atom is 0.323 e. The standard InChI is InChI=1S/C4H7NO3.C3H7NO3/c6-4(7)3-1-8-2-5-3;4-2(1-5)3(6)7/h3,5H,1-2H2,(H,6,7);2,5H,1,4H2,(H,6,7). The van der Waals surface area contributed by atoms with Crippen molar-refractivity contribution in [2.45, 2.75) is 12.1 Å². The van der Waals surface area contributed by atoms with Crippen molar-refractivity contribution in [3.8, 4) is 0 Å². The average Bonchev–Trinajstić information content (AvgIpc) is 2.70. The molecule has 0 aromatic carbocycles. The second-order valence-electron chi connectivity index (χ2n) is 2.74. The average molecular weight is 222 g/mol. The first-order valence-corrected chi connectivity index (χ1v) is 4.12. The summed E-state index contributed by atoms with van der Waals surface area (Å²) in [6, 6.07) is -1.62. The van der Waals surface area contributed by atoms with Gasteiger partial charge in [0.2, 0.25) is 0 Å². The fourth-order valence-electron chi connectivity index (χ4n) is 0.632. The Balaban J connectivity index is 0.000000265. The molecule has 1 aliphatic heterocycles. The highest BCUT2D eigenvalue weighted by atomic mass is 16.5. The summed E-state index contributed by atoms with van der Waals surface area (Å²) in [6.45, 7) is 0.141. The van der Waals surface area contributed by atoms with Crippen molar-refractivity contribution >= 4 is 11.9 Å². The van der Waals surface area contributed by atoms with Crippen LogP contribution in [0.3, 0.4) is 0 Å². The zero-order chi connectivity index (χ0) is 11.8. The highest BCUT2D eigenvalue weighted by molar-refractivity contribution is 5.73. The maximum absolute atomic E-state index is 10.1. The van der Waals surface area contributed by atoms with Crippen LogP contribution in [0, 0.1) is 0 Å². The van der Waals surface area contributed by atoms with Crippen LogP contribution in [0.1, 0.15) is 0 Å². The van der Waals surface area contributed by atoms with Crippen LogP contribution in [0.15, 0.2) is 0 Å². The summed E-state index contributed by atoms with van der Waals surface area (Å²) >= 11 is 0. The van der Waals surface area contributed by atoms with Gasteiger partial charge in [-0.1, -0.05) is 0 Å². The Hall–Kier alpha value is -1.22. The van der Waals surface area contributed by atoms with Gasteiger partial charge in [-0.05, 0) is 0 Å². The van der Waals surface area contributed by atoms with Crippen molar-refractivity contribution in [1.29, 1.82) is 0 Å². The van der Waals surface area contributed by atoms with Gasteiger partial charge in [-0.15, -0.1) is 0 Å². The molecule has 1 aliphatic rings. The van der Waals surface area contributed by atoms with Gasteiger partial charge in [0.1, 0.15) is 12.1 Å². The molecule has 88 valence electrons. The lowest BCUT2D eigenvalue weighted by molar-refractivity contribution is -0.140. The van der Waals surface area contributed by atoms with Crippen LogP contribution in [0.2, 0.25) is 0 Å². The lowest BCUT2D eigenvalue weighted by Crippen LogP contribution is -2.33. The molecule has 1 heterocycles. The normalized spacial score (nSPS) is 21.3. The second-order valence-corrected chi connectivity index (χ2v) is 2.74. The quantitative estimate of drug-likeness (QED) is 0.350. The number of carboxylic acid groups (broad SMARTS) is 2. The molecule has 0 aromatic heterocycles. The molecular weight excluding hydrogens is 208 g/mol. The summed E-state index contributed by atoms with van der Waals surface area (Å²) in [4.78, 5) is 19.7. The van der Waals surface area contributed by atoms with Crippen molar-refractivity contribution < 1.29 is 29.6 Å². The molecule has 0 amide bonds. The largest absolute Gasteiger partial charge is 0.480 e. The number of rotatable bonds is 3. The van der Waals surface area contributed by atoms with Gasteiger partial charge in [-0.3, -0.25) is 14.9 Å². The molecule has 1 rings (SSSR count). The predicted molar refractivity (Wildman–Crippen MR) is 48.1 cm³/mol. The smallest absolute Gasteiger partial charge is 0.323 e. The first-order chi connectivity index (χ1) is 6.99. The molecule has 1 fully saturated rings. The summed E-state index contributed by atoms with van der Waals surface area (Å²) in [6.07, 6.45) is 0. The van der Waals surface area contributed by atoms with E-state index in [1.165, 1.54) is 0 Å². The van der Waals surface area contributed by atoms with Crippen molar-refractivity contribution in [1.82, 2.24) is 5.32 Å². The molecule has 0 radical (unpaired) electrons. The SMILES string of the molecule is NC(CO)C(=O)O.O=C(O)C1COCN1. The van der Waals surface area contributed by atoms with E-state index in [-0.39, 0.29) is 6.61 Å². The van der Waals surface area contributed by atoms with E-state index in [4.69, 9.17) is 25.8 Å². The molecule has 0 saturated carbocycles. The summed E-state index contributed by atoms with van der Waals surface area (Å²) in [5, 5.41) is 26.8. The number of aliphatic carboxylic acids is 2. The van der Waals surface area contributed by atoms with Crippen LogP contribution in [0.5, 0.6) is 0 Å². The van der Waals surface area contributed by atoms with E-state index in [1.807, 2.05) is 0 Å². The van der Waals surface area contributed by atoms with Gasteiger partial charge < -0.3 is 25.8 Å². The van der Waals surface area contributed by atoms with E-state index < -0.39 is 30.6 Å². The van der Waals surface area contributed by atoms with Gasteiger partial charge in [0.05, 0.1) is 19.9 Å². The zero-order valence-electron chi connectivity index (χ0n) is 7.92. The molecule has 0 aromatic rings.